The number of benzene rings is 1. The summed E-state index contributed by atoms with van der Waals surface area (Å²) >= 11 is 3.38. The third-order valence-electron chi connectivity index (χ3n) is 1.69. The first-order valence-corrected chi connectivity index (χ1v) is 5.39. The van der Waals surface area contributed by atoms with E-state index in [-0.39, 0.29) is 6.61 Å². The SMILES string of the molecule is CC.Cc1cc(Br)ccc1CCO. The molecule has 0 radical (unpaired) electrons. The predicted molar refractivity (Wildman–Crippen MR) is 61.0 cm³/mol. The first kappa shape index (κ1) is 12.7. The van der Waals surface area contributed by atoms with Crippen molar-refractivity contribution in [1.82, 2.24) is 0 Å². The Morgan fingerprint density at radius 2 is 1.92 bits per heavy atom. The number of halogens is 1. The van der Waals surface area contributed by atoms with Gasteiger partial charge in [0.25, 0.3) is 0 Å². The van der Waals surface area contributed by atoms with Crippen LogP contribution in [0.4, 0.5) is 0 Å². The van der Waals surface area contributed by atoms with Crippen LogP contribution in [-0.4, -0.2) is 11.7 Å². The van der Waals surface area contributed by atoms with E-state index in [0.29, 0.717) is 0 Å². The van der Waals surface area contributed by atoms with E-state index >= 15 is 0 Å². The van der Waals surface area contributed by atoms with Gasteiger partial charge < -0.3 is 5.11 Å². The fraction of sp³-hybridized carbons (Fsp3) is 0.455. The molecular formula is C11H17BrO. The zero-order valence-corrected chi connectivity index (χ0v) is 10.1. The lowest BCUT2D eigenvalue weighted by Gasteiger charge is -2.02. The van der Waals surface area contributed by atoms with Crippen LogP contribution in [0.15, 0.2) is 22.7 Å². The summed E-state index contributed by atoms with van der Waals surface area (Å²) in [6, 6.07) is 6.10. The summed E-state index contributed by atoms with van der Waals surface area (Å²) in [5.41, 5.74) is 2.45. The molecular weight excluding hydrogens is 228 g/mol. The molecule has 0 saturated heterocycles. The van der Waals surface area contributed by atoms with Crippen LogP contribution in [-0.2, 0) is 6.42 Å². The topological polar surface area (TPSA) is 20.2 Å². The van der Waals surface area contributed by atoms with E-state index in [1.54, 1.807) is 0 Å². The smallest absolute Gasteiger partial charge is 0.0471 e. The fourth-order valence-corrected chi connectivity index (χ4v) is 1.54. The van der Waals surface area contributed by atoms with Crippen LogP contribution in [0.25, 0.3) is 0 Å². The largest absolute Gasteiger partial charge is 0.396 e. The Labute approximate surface area is 88.9 Å². The molecule has 0 amide bonds. The standard InChI is InChI=1S/C9H11BrO.C2H6/c1-7-6-9(10)3-2-8(7)4-5-11;1-2/h2-3,6,11H,4-5H2,1H3;1-2H3. The Balaban J connectivity index is 0.000000671. The Hall–Kier alpha value is -0.340. The number of rotatable bonds is 2. The minimum Gasteiger partial charge on any atom is -0.396 e. The second-order valence-corrected chi connectivity index (χ2v) is 3.46. The van der Waals surface area contributed by atoms with Gasteiger partial charge >= 0.3 is 0 Å². The molecule has 13 heavy (non-hydrogen) atoms. The van der Waals surface area contributed by atoms with E-state index in [0.717, 1.165) is 10.9 Å². The third kappa shape index (κ3) is 4.44. The molecule has 0 heterocycles. The van der Waals surface area contributed by atoms with E-state index in [1.807, 2.05) is 26.0 Å². The van der Waals surface area contributed by atoms with E-state index in [2.05, 4.69) is 28.9 Å². The van der Waals surface area contributed by atoms with Crippen LogP contribution >= 0.6 is 15.9 Å². The molecule has 0 fully saturated rings. The first-order valence-electron chi connectivity index (χ1n) is 4.60. The molecule has 0 saturated carbocycles. The van der Waals surface area contributed by atoms with Gasteiger partial charge in [-0.2, -0.15) is 0 Å². The lowest BCUT2D eigenvalue weighted by atomic mass is 10.1. The van der Waals surface area contributed by atoms with E-state index < -0.39 is 0 Å². The van der Waals surface area contributed by atoms with E-state index in [4.69, 9.17) is 5.11 Å². The molecule has 0 atom stereocenters. The lowest BCUT2D eigenvalue weighted by Crippen LogP contribution is -1.93. The van der Waals surface area contributed by atoms with Crippen LogP contribution in [0.3, 0.4) is 0 Å². The fourth-order valence-electron chi connectivity index (χ4n) is 1.06. The summed E-state index contributed by atoms with van der Waals surface area (Å²) in [4.78, 5) is 0. The van der Waals surface area contributed by atoms with Crippen LogP contribution in [0.1, 0.15) is 25.0 Å². The molecule has 1 rings (SSSR count). The highest BCUT2D eigenvalue weighted by Crippen LogP contribution is 2.15. The summed E-state index contributed by atoms with van der Waals surface area (Å²) in [6.45, 7) is 6.28. The highest BCUT2D eigenvalue weighted by molar-refractivity contribution is 9.10. The van der Waals surface area contributed by atoms with Gasteiger partial charge in [0.15, 0.2) is 0 Å². The number of aliphatic hydroxyl groups is 1. The first-order chi connectivity index (χ1) is 6.24. The molecule has 74 valence electrons. The van der Waals surface area contributed by atoms with Gasteiger partial charge in [-0.3, -0.25) is 0 Å². The normalized spacial score (nSPS) is 9.00. The molecule has 1 N–H and O–H groups in total. The minimum atomic E-state index is 0.225. The second-order valence-electron chi connectivity index (χ2n) is 2.54. The molecule has 1 aromatic rings. The third-order valence-corrected chi connectivity index (χ3v) is 2.18. The Kier molecular flexibility index (Phi) is 6.92. The lowest BCUT2D eigenvalue weighted by molar-refractivity contribution is 0.299. The maximum Gasteiger partial charge on any atom is 0.0471 e. The number of aryl methyl sites for hydroxylation is 1. The molecule has 1 nitrogen and oxygen atoms in total. The van der Waals surface area contributed by atoms with Crippen molar-refractivity contribution in [3.05, 3.63) is 33.8 Å². The average molecular weight is 245 g/mol. The number of hydrogen-bond donors (Lipinski definition) is 1. The summed E-state index contributed by atoms with van der Waals surface area (Å²) < 4.78 is 1.09. The van der Waals surface area contributed by atoms with Crippen molar-refractivity contribution in [2.75, 3.05) is 6.61 Å². The molecule has 0 spiro atoms. The zero-order valence-electron chi connectivity index (χ0n) is 8.47. The van der Waals surface area contributed by atoms with Crippen LogP contribution in [0, 0.1) is 6.92 Å². The van der Waals surface area contributed by atoms with Crippen molar-refractivity contribution < 1.29 is 5.11 Å². The van der Waals surface area contributed by atoms with Crippen LogP contribution < -0.4 is 0 Å². The summed E-state index contributed by atoms with van der Waals surface area (Å²) in [5.74, 6) is 0. The predicted octanol–water partition coefficient (Wildman–Crippen LogP) is 3.32. The minimum absolute atomic E-state index is 0.225. The van der Waals surface area contributed by atoms with Crippen LogP contribution in [0.5, 0.6) is 0 Å². The van der Waals surface area contributed by atoms with Crippen molar-refractivity contribution in [1.29, 1.82) is 0 Å². The van der Waals surface area contributed by atoms with Crippen molar-refractivity contribution in [3.63, 3.8) is 0 Å². The van der Waals surface area contributed by atoms with Gasteiger partial charge in [0.05, 0.1) is 0 Å². The average Bonchev–Trinajstić information content (AvgIpc) is 2.14. The molecule has 2 heteroatoms. The van der Waals surface area contributed by atoms with Gasteiger partial charge in [-0.15, -0.1) is 0 Å². The van der Waals surface area contributed by atoms with Crippen molar-refractivity contribution >= 4 is 15.9 Å². The van der Waals surface area contributed by atoms with Crippen molar-refractivity contribution in [2.24, 2.45) is 0 Å². The molecule has 0 aliphatic carbocycles. The van der Waals surface area contributed by atoms with Crippen molar-refractivity contribution in [2.45, 2.75) is 27.2 Å². The van der Waals surface area contributed by atoms with Crippen molar-refractivity contribution in [3.8, 4) is 0 Å². The quantitative estimate of drug-likeness (QED) is 0.847. The van der Waals surface area contributed by atoms with Gasteiger partial charge in [0.1, 0.15) is 0 Å². The molecule has 1 aromatic carbocycles. The molecule has 0 bridgehead atoms. The van der Waals surface area contributed by atoms with Gasteiger partial charge in [-0.25, -0.2) is 0 Å². The molecule has 0 aliphatic rings. The summed E-state index contributed by atoms with van der Waals surface area (Å²) in [5, 5.41) is 8.70. The molecule has 0 aliphatic heterocycles. The van der Waals surface area contributed by atoms with Gasteiger partial charge in [-0.1, -0.05) is 35.8 Å². The Bertz CT molecular complexity index is 246. The number of hydrogen-bond acceptors (Lipinski definition) is 1. The second kappa shape index (κ2) is 7.10. The van der Waals surface area contributed by atoms with Gasteiger partial charge in [0, 0.05) is 11.1 Å². The van der Waals surface area contributed by atoms with E-state index in [9.17, 15) is 0 Å². The van der Waals surface area contributed by atoms with Crippen LogP contribution in [0.2, 0.25) is 0 Å². The van der Waals surface area contributed by atoms with E-state index in [1.165, 1.54) is 11.1 Å². The highest BCUT2D eigenvalue weighted by atomic mass is 79.9. The molecule has 0 unspecified atom stereocenters. The summed E-state index contributed by atoms with van der Waals surface area (Å²) in [7, 11) is 0. The Morgan fingerprint density at radius 3 is 2.38 bits per heavy atom. The maximum atomic E-state index is 8.70. The highest BCUT2D eigenvalue weighted by Gasteiger charge is 1.96. The maximum absolute atomic E-state index is 8.70. The number of aliphatic hydroxyl groups excluding tert-OH is 1. The van der Waals surface area contributed by atoms with Gasteiger partial charge in [0.2, 0.25) is 0 Å². The van der Waals surface area contributed by atoms with Gasteiger partial charge in [-0.05, 0) is 36.6 Å². The zero-order chi connectivity index (χ0) is 10.3. The summed E-state index contributed by atoms with van der Waals surface area (Å²) in [6.07, 6.45) is 0.749. The Morgan fingerprint density at radius 1 is 1.31 bits per heavy atom. The monoisotopic (exact) mass is 244 g/mol. The molecule has 0 aromatic heterocycles.